The molecule has 0 spiro atoms. The number of pyridine rings is 1. The first-order valence-electron chi connectivity index (χ1n) is 8.19. The van der Waals surface area contributed by atoms with Gasteiger partial charge < -0.3 is 14.6 Å². The molecule has 1 aliphatic heterocycles. The van der Waals surface area contributed by atoms with Crippen molar-refractivity contribution in [1.82, 2.24) is 14.9 Å². The first-order chi connectivity index (χ1) is 11.7. The van der Waals surface area contributed by atoms with Crippen LogP contribution < -0.4 is 10.1 Å². The molecule has 3 heterocycles. The van der Waals surface area contributed by atoms with E-state index in [0.717, 1.165) is 23.8 Å². The lowest BCUT2D eigenvalue weighted by Gasteiger charge is -2.18. The third-order valence-electron chi connectivity index (χ3n) is 4.69. The molecule has 0 aliphatic carbocycles. The maximum Gasteiger partial charge on any atom is 0.141 e. The molecule has 0 amide bonds. The summed E-state index contributed by atoms with van der Waals surface area (Å²) in [6.07, 6.45) is 2.10. The first-order valence-corrected chi connectivity index (χ1v) is 8.19. The largest absolute Gasteiger partial charge is 0.497 e. The molecule has 4 rings (SSSR count). The number of aromatic nitrogens is 2. The van der Waals surface area contributed by atoms with Crippen molar-refractivity contribution in [1.29, 1.82) is 0 Å². The Morgan fingerprint density at radius 1 is 1.17 bits per heavy atom. The fraction of sp³-hybridized carbons (Fsp3) is 0.250. The monoisotopic (exact) mass is 319 g/mol. The van der Waals surface area contributed by atoms with Crippen LogP contribution in [0, 0.1) is 13.8 Å². The predicted molar refractivity (Wildman–Crippen MR) is 94.7 cm³/mol. The molecule has 4 heteroatoms. The molecule has 0 saturated heterocycles. The number of hydrogen-bond acceptors (Lipinski definition) is 3. The number of benzene rings is 1. The van der Waals surface area contributed by atoms with Gasteiger partial charge in [0.1, 0.15) is 11.6 Å². The minimum Gasteiger partial charge on any atom is -0.497 e. The summed E-state index contributed by atoms with van der Waals surface area (Å²) in [5, 5.41) is 3.69. The van der Waals surface area contributed by atoms with E-state index in [0.29, 0.717) is 0 Å². The Morgan fingerprint density at radius 2 is 1.96 bits per heavy atom. The summed E-state index contributed by atoms with van der Waals surface area (Å²) >= 11 is 0. The summed E-state index contributed by atoms with van der Waals surface area (Å²) in [5.41, 5.74) is 6.01. The lowest BCUT2D eigenvalue weighted by atomic mass is 10.0. The van der Waals surface area contributed by atoms with Crippen LogP contribution in [0.4, 0.5) is 0 Å². The van der Waals surface area contributed by atoms with Crippen molar-refractivity contribution in [2.24, 2.45) is 0 Å². The van der Waals surface area contributed by atoms with E-state index in [-0.39, 0.29) is 6.04 Å². The Kier molecular flexibility index (Phi) is 3.62. The van der Waals surface area contributed by atoms with Gasteiger partial charge in [0, 0.05) is 29.7 Å². The average Bonchev–Trinajstić information content (AvgIpc) is 3.00. The van der Waals surface area contributed by atoms with Crippen molar-refractivity contribution in [2.45, 2.75) is 26.4 Å². The van der Waals surface area contributed by atoms with Gasteiger partial charge in [0.25, 0.3) is 0 Å². The maximum absolute atomic E-state index is 5.28. The molecule has 0 fully saturated rings. The minimum absolute atomic E-state index is 0.125. The van der Waals surface area contributed by atoms with Gasteiger partial charge >= 0.3 is 0 Å². The van der Waals surface area contributed by atoms with Crippen molar-refractivity contribution < 1.29 is 4.74 Å². The molecule has 24 heavy (non-hydrogen) atoms. The van der Waals surface area contributed by atoms with Gasteiger partial charge in [0.15, 0.2) is 0 Å². The Hall–Kier alpha value is -2.59. The molecule has 1 atom stereocenters. The van der Waals surface area contributed by atoms with E-state index in [1.807, 2.05) is 12.1 Å². The highest BCUT2D eigenvalue weighted by Gasteiger charge is 2.24. The topological polar surface area (TPSA) is 39.1 Å². The summed E-state index contributed by atoms with van der Waals surface area (Å²) in [6, 6.07) is 14.8. The third-order valence-corrected chi connectivity index (χ3v) is 4.69. The van der Waals surface area contributed by atoms with Crippen molar-refractivity contribution >= 4 is 0 Å². The molecule has 1 N–H and O–H groups in total. The van der Waals surface area contributed by atoms with Gasteiger partial charge in [-0.05, 0) is 55.3 Å². The van der Waals surface area contributed by atoms with E-state index in [4.69, 9.17) is 9.72 Å². The SMILES string of the molecule is COc1ccc(C2NCc3c(C)cc(C)nc3-n3cccc32)cc1. The van der Waals surface area contributed by atoms with Gasteiger partial charge in [0.2, 0.25) is 0 Å². The highest BCUT2D eigenvalue weighted by molar-refractivity contribution is 5.46. The fourth-order valence-corrected chi connectivity index (χ4v) is 3.48. The predicted octanol–water partition coefficient (Wildman–Crippen LogP) is 3.69. The number of nitrogens with zero attached hydrogens (tertiary/aromatic N) is 2. The summed E-state index contributed by atoms with van der Waals surface area (Å²) < 4.78 is 7.49. The Balaban J connectivity index is 1.83. The lowest BCUT2D eigenvalue weighted by Crippen LogP contribution is -2.21. The van der Waals surface area contributed by atoms with Crippen molar-refractivity contribution in [3.05, 3.63) is 76.7 Å². The van der Waals surface area contributed by atoms with Crippen molar-refractivity contribution in [2.75, 3.05) is 7.11 Å². The van der Waals surface area contributed by atoms with Crippen LogP contribution >= 0.6 is 0 Å². The molecule has 1 unspecified atom stereocenters. The number of rotatable bonds is 2. The molecule has 0 radical (unpaired) electrons. The van der Waals surface area contributed by atoms with Crippen LogP contribution in [0.25, 0.3) is 5.82 Å². The molecule has 0 saturated carbocycles. The normalized spacial score (nSPS) is 16.2. The average molecular weight is 319 g/mol. The third kappa shape index (κ3) is 2.39. The van der Waals surface area contributed by atoms with Gasteiger partial charge in [-0.3, -0.25) is 0 Å². The fourth-order valence-electron chi connectivity index (χ4n) is 3.48. The van der Waals surface area contributed by atoms with Gasteiger partial charge in [-0.2, -0.15) is 0 Å². The second-order valence-corrected chi connectivity index (χ2v) is 6.27. The van der Waals surface area contributed by atoms with Crippen LogP contribution in [-0.2, 0) is 6.54 Å². The number of ether oxygens (including phenoxy) is 1. The van der Waals surface area contributed by atoms with E-state index in [1.165, 1.54) is 22.4 Å². The van der Waals surface area contributed by atoms with Crippen LogP contribution in [0.5, 0.6) is 5.75 Å². The number of nitrogens with one attached hydrogen (secondary N) is 1. The van der Waals surface area contributed by atoms with Crippen LogP contribution in [0.3, 0.4) is 0 Å². The summed E-state index contributed by atoms with van der Waals surface area (Å²) in [4.78, 5) is 4.81. The zero-order valence-electron chi connectivity index (χ0n) is 14.2. The number of hydrogen-bond donors (Lipinski definition) is 1. The second kappa shape index (κ2) is 5.80. The van der Waals surface area contributed by atoms with E-state index in [9.17, 15) is 0 Å². The molecule has 0 bridgehead atoms. The van der Waals surface area contributed by atoms with Crippen LogP contribution in [0.1, 0.15) is 34.1 Å². The molecule has 1 aromatic carbocycles. The number of aryl methyl sites for hydroxylation is 2. The molecule has 2 aromatic heterocycles. The zero-order chi connectivity index (χ0) is 16.7. The lowest BCUT2D eigenvalue weighted by molar-refractivity contribution is 0.414. The van der Waals surface area contributed by atoms with Gasteiger partial charge in [-0.15, -0.1) is 0 Å². The zero-order valence-corrected chi connectivity index (χ0v) is 14.2. The van der Waals surface area contributed by atoms with E-state index in [2.05, 4.69) is 60.3 Å². The van der Waals surface area contributed by atoms with Gasteiger partial charge in [0.05, 0.1) is 13.2 Å². The molecule has 4 nitrogen and oxygen atoms in total. The van der Waals surface area contributed by atoms with E-state index >= 15 is 0 Å². The van der Waals surface area contributed by atoms with E-state index < -0.39 is 0 Å². The van der Waals surface area contributed by atoms with Gasteiger partial charge in [-0.1, -0.05) is 12.1 Å². The Labute approximate surface area is 142 Å². The molecule has 122 valence electrons. The number of methoxy groups -OCH3 is 1. The number of fused-ring (bicyclic) bond motifs is 3. The van der Waals surface area contributed by atoms with E-state index in [1.54, 1.807) is 7.11 Å². The molecular formula is C20H21N3O. The Morgan fingerprint density at radius 3 is 2.71 bits per heavy atom. The standard InChI is InChI=1S/C20H21N3O/c1-13-11-14(2)22-20-17(13)12-21-19(18-5-4-10-23(18)20)15-6-8-16(24-3)9-7-15/h4-11,19,21H,12H2,1-3H3. The quantitative estimate of drug-likeness (QED) is 0.783. The first kappa shape index (κ1) is 15.0. The van der Waals surface area contributed by atoms with Crippen molar-refractivity contribution in [3.8, 4) is 11.6 Å². The minimum atomic E-state index is 0.125. The second-order valence-electron chi connectivity index (χ2n) is 6.27. The summed E-state index contributed by atoms with van der Waals surface area (Å²) in [6.45, 7) is 5.01. The highest BCUT2D eigenvalue weighted by Crippen LogP contribution is 2.31. The van der Waals surface area contributed by atoms with Crippen LogP contribution in [0.2, 0.25) is 0 Å². The van der Waals surface area contributed by atoms with Crippen molar-refractivity contribution in [3.63, 3.8) is 0 Å². The molecule has 3 aromatic rings. The van der Waals surface area contributed by atoms with Gasteiger partial charge in [-0.25, -0.2) is 4.98 Å². The summed E-state index contributed by atoms with van der Waals surface area (Å²) in [7, 11) is 1.69. The smallest absolute Gasteiger partial charge is 0.141 e. The highest BCUT2D eigenvalue weighted by atomic mass is 16.5. The maximum atomic E-state index is 5.28. The molecule has 1 aliphatic rings. The summed E-state index contributed by atoms with van der Waals surface area (Å²) in [5.74, 6) is 1.91. The Bertz CT molecular complexity index is 880. The van der Waals surface area contributed by atoms with Crippen LogP contribution in [-0.4, -0.2) is 16.7 Å². The van der Waals surface area contributed by atoms with Crippen LogP contribution in [0.15, 0.2) is 48.7 Å². The molecular weight excluding hydrogens is 298 g/mol.